The number of anilines is 2. The second kappa shape index (κ2) is 13.6. The molecule has 6 heterocycles. The molecule has 54 heavy (non-hydrogen) atoms. The molecule has 14 heteroatoms. The first-order valence-corrected chi connectivity index (χ1v) is 18.1. The van der Waals surface area contributed by atoms with Crippen LogP contribution in [0, 0.1) is 12.3 Å². The van der Waals surface area contributed by atoms with E-state index in [-0.39, 0.29) is 0 Å². The molecule has 3 aliphatic heterocycles. The molecule has 3 aromatic heterocycles. The van der Waals surface area contributed by atoms with Crippen molar-refractivity contribution < 1.29 is 28.5 Å². The van der Waals surface area contributed by atoms with E-state index in [1.54, 1.807) is 39.4 Å². The Hall–Kier alpha value is -5.18. The van der Waals surface area contributed by atoms with Gasteiger partial charge in [-0.3, -0.25) is 24.6 Å². The van der Waals surface area contributed by atoms with Crippen molar-refractivity contribution in [3.63, 3.8) is 0 Å². The van der Waals surface area contributed by atoms with Crippen molar-refractivity contribution in [3.8, 4) is 28.3 Å². The number of ether oxygens (including phenoxy) is 1. The van der Waals surface area contributed by atoms with Crippen LogP contribution in [0.15, 0.2) is 54.9 Å². The molecule has 3 aliphatic rings. The second-order valence-electron chi connectivity index (χ2n) is 15.3. The highest BCUT2D eigenvalue weighted by Gasteiger charge is 2.41. The molecule has 0 radical (unpaired) electrons. The number of alkyl halides is 2. The molecule has 2 aromatic carbocycles. The molecule has 1 unspecified atom stereocenters. The van der Waals surface area contributed by atoms with Crippen LogP contribution in [0.2, 0.25) is 0 Å². The van der Waals surface area contributed by atoms with E-state index in [0.717, 1.165) is 39.1 Å². The number of carbonyl (C=O) groups is 1. The van der Waals surface area contributed by atoms with Crippen molar-refractivity contribution in [2.24, 2.45) is 5.41 Å². The zero-order valence-electron chi connectivity index (χ0n) is 30.7. The SMILES string of the molecule is COc1nc(-c2cccc(-c3cccc4c3CCN4c3nc(C(F)F)nc4cc(CN5CC(C)(O)C5)cnc34)c2C)cnc1CN1CCC(C)(C(=O)O)C1. The van der Waals surface area contributed by atoms with Gasteiger partial charge in [0.05, 0.1) is 35.5 Å². The van der Waals surface area contributed by atoms with Gasteiger partial charge in [-0.1, -0.05) is 30.3 Å². The van der Waals surface area contributed by atoms with Crippen LogP contribution in [-0.2, 0) is 24.3 Å². The van der Waals surface area contributed by atoms with Gasteiger partial charge in [-0.05, 0) is 80.1 Å². The lowest BCUT2D eigenvalue weighted by Gasteiger charge is -2.44. The van der Waals surface area contributed by atoms with E-state index in [2.05, 4.69) is 31.9 Å². The highest BCUT2D eigenvalue weighted by atomic mass is 19.3. The van der Waals surface area contributed by atoms with E-state index in [9.17, 15) is 23.8 Å². The zero-order valence-corrected chi connectivity index (χ0v) is 30.7. The Balaban J connectivity index is 1.10. The fraction of sp³-hybridized carbons (Fsp3) is 0.400. The molecular weight excluding hydrogens is 694 g/mol. The van der Waals surface area contributed by atoms with Crippen molar-refractivity contribution in [2.45, 2.75) is 58.7 Å². The van der Waals surface area contributed by atoms with E-state index < -0.39 is 29.2 Å². The summed E-state index contributed by atoms with van der Waals surface area (Å²) in [4.78, 5) is 40.7. The lowest BCUT2D eigenvalue weighted by molar-refractivity contribution is -0.147. The summed E-state index contributed by atoms with van der Waals surface area (Å²) in [5, 5.41) is 19.8. The molecular formula is C40H42F2N8O4. The van der Waals surface area contributed by atoms with Gasteiger partial charge in [-0.2, -0.15) is 0 Å². The number of aliphatic hydroxyl groups is 1. The monoisotopic (exact) mass is 736 g/mol. The summed E-state index contributed by atoms with van der Waals surface area (Å²) in [7, 11) is 1.56. The normalized spacial score (nSPS) is 19.7. The number of β-amino-alcohol motifs (C(OH)–C–C–N with tert-alkyl or cyclic N) is 1. The van der Waals surface area contributed by atoms with Crippen LogP contribution >= 0.6 is 0 Å². The number of fused-ring (bicyclic) bond motifs is 2. The summed E-state index contributed by atoms with van der Waals surface area (Å²) in [5.74, 6) is -0.597. The van der Waals surface area contributed by atoms with Crippen molar-refractivity contribution in [2.75, 3.05) is 44.7 Å². The number of benzene rings is 2. The average Bonchev–Trinajstić information content (AvgIpc) is 3.75. The smallest absolute Gasteiger partial charge is 0.310 e. The van der Waals surface area contributed by atoms with Crippen LogP contribution in [-0.4, -0.2) is 96.3 Å². The van der Waals surface area contributed by atoms with Gasteiger partial charge < -0.3 is 19.8 Å². The summed E-state index contributed by atoms with van der Waals surface area (Å²) in [5.41, 5.74) is 7.29. The third-order valence-electron chi connectivity index (χ3n) is 11.0. The van der Waals surface area contributed by atoms with Crippen LogP contribution in [0.5, 0.6) is 5.88 Å². The highest BCUT2D eigenvalue weighted by Crippen LogP contribution is 2.43. The van der Waals surface area contributed by atoms with Crippen molar-refractivity contribution in [1.82, 2.24) is 34.7 Å². The van der Waals surface area contributed by atoms with Gasteiger partial charge in [0, 0.05) is 56.7 Å². The summed E-state index contributed by atoms with van der Waals surface area (Å²) < 4.78 is 34.1. The largest absolute Gasteiger partial charge is 0.481 e. The molecule has 1 atom stereocenters. The molecule has 8 rings (SSSR count). The molecule has 2 saturated heterocycles. The number of hydrogen-bond donors (Lipinski definition) is 2. The molecule has 0 saturated carbocycles. The van der Waals surface area contributed by atoms with Crippen LogP contribution < -0.4 is 9.64 Å². The van der Waals surface area contributed by atoms with Crippen molar-refractivity contribution >= 4 is 28.5 Å². The predicted octanol–water partition coefficient (Wildman–Crippen LogP) is 5.96. The van der Waals surface area contributed by atoms with E-state index in [1.165, 1.54) is 0 Å². The highest BCUT2D eigenvalue weighted by molar-refractivity contribution is 5.91. The first-order valence-electron chi connectivity index (χ1n) is 18.1. The minimum absolute atomic E-state index is 0.346. The number of halogens is 2. The first kappa shape index (κ1) is 35.8. The Morgan fingerprint density at radius 2 is 1.70 bits per heavy atom. The number of pyridine rings is 1. The number of aromatic nitrogens is 5. The number of carboxylic acid groups (broad SMARTS) is 1. The maximum atomic E-state index is 14.2. The second-order valence-corrected chi connectivity index (χ2v) is 15.3. The third kappa shape index (κ3) is 6.52. The molecule has 0 aliphatic carbocycles. The zero-order chi connectivity index (χ0) is 37.9. The van der Waals surface area contributed by atoms with Crippen LogP contribution in [0.1, 0.15) is 54.9 Å². The molecule has 0 spiro atoms. The molecule has 2 N–H and O–H groups in total. The van der Waals surface area contributed by atoms with Gasteiger partial charge in [0.2, 0.25) is 5.88 Å². The number of carboxylic acids is 1. The third-order valence-corrected chi connectivity index (χ3v) is 11.0. The number of nitrogens with zero attached hydrogens (tertiary/aromatic N) is 8. The van der Waals surface area contributed by atoms with E-state index in [4.69, 9.17) is 19.7 Å². The van der Waals surface area contributed by atoms with Crippen molar-refractivity contribution in [1.29, 1.82) is 0 Å². The summed E-state index contributed by atoms with van der Waals surface area (Å²) in [6.45, 7) is 9.24. The molecule has 12 nitrogen and oxygen atoms in total. The molecule has 0 bridgehead atoms. The van der Waals surface area contributed by atoms with Crippen LogP contribution in [0.3, 0.4) is 0 Å². The maximum absolute atomic E-state index is 14.2. The van der Waals surface area contributed by atoms with Gasteiger partial charge in [0.15, 0.2) is 11.6 Å². The standard InChI is InChI=1S/C40H42F2N8O4/c1-23-25(7-5-8-26(23)30-17-43-31(37(46-30)54-4)19-48-14-12-39(2,20-48)38(51)52)27-9-6-10-32-28(27)11-13-50(32)36-33-29(45-35(47-36)34(41)42)15-24(16-44-33)18-49-21-40(3,53)22-49/h5-10,15-17,34,53H,11-14,18-22H2,1-4H3,(H,51,52). The Labute approximate surface area is 311 Å². The number of hydrogen-bond acceptors (Lipinski definition) is 11. The Morgan fingerprint density at radius 1 is 0.944 bits per heavy atom. The van der Waals surface area contributed by atoms with Gasteiger partial charge in [0.25, 0.3) is 6.43 Å². The first-order chi connectivity index (χ1) is 25.8. The number of likely N-dealkylation sites (tertiary alicyclic amines) is 2. The number of rotatable bonds is 10. The van der Waals surface area contributed by atoms with Gasteiger partial charge in [-0.15, -0.1) is 0 Å². The summed E-state index contributed by atoms with van der Waals surface area (Å²) >= 11 is 0. The van der Waals surface area contributed by atoms with E-state index in [1.807, 2.05) is 36.1 Å². The summed E-state index contributed by atoms with van der Waals surface area (Å²) in [6, 6.07) is 13.9. The lowest BCUT2D eigenvalue weighted by atomic mass is 9.90. The van der Waals surface area contributed by atoms with Crippen LogP contribution in [0.25, 0.3) is 33.4 Å². The molecule has 5 aromatic rings. The molecule has 2 fully saturated rings. The fourth-order valence-electron chi connectivity index (χ4n) is 8.21. The molecule has 0 amide bonds. The quantitative estimate of drug-likeness (QED) is 0.175. The Morgan fingerprint density at radius 3 is 2.43 bits per heavy atom. The van der Waals surface area contributed by atoms with Crippen LogP contribution in [0.4, 0.5) is 20.3 Å². The average molecular weight is 737 g/mol. The minimum atomic E-state index is -2.86. The Kier molecular flexibility index (Phi) is 9.02. The predicted molar refractivity (Wildman–Crippen MR) is 199 cm³/mol. The maximum Gasteiger partial charge on any atom is 0.310 e. The van der Waals surface area contributed by atoms with E-state index >= 15 is 0 Å². The molecule has 280 valence electrons. The van der Waals surface area contributed by atoms with Gasteiger partial charge in [-0.25, -0.2) is 23.7 Å². The number of aliphatic carboxylic acids is 1. The van der Waals surface area contributed by atoms with E-state index in [0.29, 0.717) is 92.8 Å². The van der Waals surface area contributed by atoms with Gasteiger partial charge in [0.1, 0.15) is 11.2 Å². The topological polar surface area (TPSA) is 141 Å². The minimum Gasteiger partial charge on any atom is -0.481 e. The van der Waals surface area contributed by atoms with Crippen molar-refractivity contribution in [3.05, 3.63) is 83.1 Å². The number of methoxy groups -OCH3 is 1. The summed E-state index contributed by atoms with van der Waals surface area (Å²) in [6.07, 6.45) is 1.85. The lowest BCUT2D eigenvalue weighted by Crippen LogP contribution is -2.59. The fourth-order valence-corrected chi connectivity index (χ4v) is 8.21. The Bertz CT molecular complexity index is 2280. The van der Waals surface area contributed by atoms with Gasteiger partial charge >= 0.3 is 5.97 Å².